The highest BCUT2D eigenvalue weighted by Crippen LogP contribution is 2.08. The lowest BCUT2D eigenvalue weighted by Gasteiger charge is -2.11. The van der Waals surface area contributed by atoms with Crippen molar-refractivity contribution < 1.29 is 4.52 Å². The van der Waals surface area contributed by atoms with Gasteiger partial charge in [-0.25, -0.2) is 0 Å². The summed E-state index contributed by atoms with van der Waals surface area (Å²) in [4.78, 5) is 8.30. The van der Waals surface area contributed by atoms with Crippen molar-refractivity contribution in [1.29, 1.82) is 0 Å². The van der Waals surface area contributed by atoms with Crippen molar-refractivity contribution in [2.45, 2.75) is 19.9 Å². The molecule has 0 unspecified atom stereocenters. The van der Waals surface area contributed by atoms with Crippen LogP contribution in [-0.2, 0) is 13.0 Å². The van der Waals surface area contributed by atoms with Crippen LogP contribution in [0.3, 0.4) is 0 Å². The highest BCUT2D eigenvalue weighted by molar-refractivity contribution is 6.30. The number of aryl methyl sites for hydroxylation is 1. The Kier molecular flexibility index (Phi) is 5.57. The van der Waals surface area contributed by atoms with E-state index in [1.54, 1.807) is 14.0 Å². The molecule has 1 aromatic heterocycles. The summed E-state index contributed by atoms with van der Waals surface area (Å²) >= 11 is 5.85. The predicted octanol–water partition coefficient (Wildman–Crippen LogP) is 1.94. The summed E-state index contributed by atoms with van der Waals surface area (Å²) in [6, 6.07) is 7.69. The summed E-state index contributed by atoms with van der Waals surface area (Å²) in [5, 5.41) is 10.9. The Labute approximate surface area is 128 Å². The normalized spacial score (nSPS) is 11.5. The first-order chi connectivity index (χ1) is 10.2. The Bertz CT molecular complexity index is 594. The van der Waals surface area contributed by atoms with E-state index in [0.717, 1.165) is 16.5 Å². The topological polar surface area (TPSA) is 75.3 Å². The molecule has 0 spiro atoms. The molecule has 6 nitrogen and oxygen atoms in total. The number of rotatable bonds is 5. The zero-order chi connectivity index (χ0) is 15.1. The van der Waals surface area contributed by atoms with Gasteiger partial charge in [-0.05, 0) is 24.6 Å². The first-order valence-electron chi connectivity index (χ1n) is 6.65. The fraction of sp³-hybridized carbons (Fsp3) is 0.357. The smallest absolute Gasteiger partial charge is 0.228 e. The minimum Gasteiger partial charge on any atom is -0.356 e. The Balaban J connectivity index is 1.74. The van der Waals surface area contributed by atoms with E-state index in [9.17, 15) is 0 Å². The predicted molar refractivity (Wildman–Crippen MR) is 82.4 cm³/mol. The molecule has 2 aromatic rings. The third-order valence-corrected chi connectivity index (χ3v) is 3.05. The van der Waals surface area contributed by atoms with Crippen LogP contribution in [0, 0.1) is 6.92 Å². The first-order valence-corrected chi connectivity index (χ1v) is 7.03. The van der Waals surface area contributed by atoms with Gasteiger partial charge in [-0.2, -0.15) is 4.98 Å². The molecule has 0 fully saturated rings. The molecule has 0 saturated carbocycles. The molecule has 0 amide bonds. The van der Waals surface area contributed by atoms with E-state index in [0.29, 0.717) is 31.2 Å². The minimum absolute atomic E-state index is 0.619. The summed E-state index contributed by atoms with van der Waals surface area (Å²) in [6.07, 6.45) is 0.655. The summed E-state index contributed by atoms with van der Waals surface area (Å²) in [5.74, 6) is 1.99. The molecule has 0 saturated heterocycles. The molecule has 0 aliphatic heterocycles. The molecular formula is C14H18ClN5O. The zero-order valence-electron chi connectivity index (χ0n) is 12.1. The Morgan fingerprint density at radius 3 is 2.67 bits per heavy atom. The van der Waals surface area contributed by atoms with Gasteiger partial charge < -0.3 is 15.2 Å². The number of nitrogens with zero attached hydrogens (tertiary/aromatic N) is 3. The molecule has 0 radical (unpaired) electrons. The molecule has 1 heterocycles. The van der Waals surface area contributed by atoms with Crippen molar-refractivity contribution >= 4 is 17.6 Å². The molecule has 2 N–H and O–H groups in total. The van der Waals surface area contributed by atoms with Crippen LogP contribution >= 0.6 is 11.6 Å². The number of aromatic nitrogens is 2. The third-order valence-electron chi connectivity index (χ3n) is 2.80. The fourth-order valence-electron chi connectivity index (χ4n) is 1.74. The van der Waals surface area contributed by atoms with Crippen LogP contribution in [-0.4, -0.2) is 29.7 Å². The van der Waals surface area contributed by atoms with Gasteiger partial charge >= 0.3 is 0 Å². The van der Waals surface area contributed by atoms with E-state index in [1.165, 1.54) is 0 Å². The first kappa shape index (κ1) is 15.3. The molecule has 7 heteroatoms. The third kappa shape index (κ3) is 5.07. The van der Waals surface area contributed by atoms with E-state index in [4.69, 9.17) is 16.1 Å². The lowest BCUT2D eigenvalue weighted by molar-refractivity contribution is 0.374. The Hall–Kier alpha value is -2.08. The maximum atomic E-state index is 5.85. The number of hydrogen-bond acceptors (Lipinski definition) is 4. The maximum absolute atomic E-state index is 5.85. The second-order valence-electron chi connectivity index (χ2n) is 4.46. The second-order valence-corrected chi connectivity index (χ2v) is 4.90. The molecule has 2 rings (SSSR count). The lowest BCUT2D eigenvalue weighted by Crippen LogP contribution is -2.37. The van der Waals surface area contributed by atoms with Crippen LogP contribution in [0.5, 0.6) is 0 Å². The van der Waals surface area contributed by atoms with Crippen LogP contribution in [0.15, 0.2) is 33.8 Å². The van der Waals surface area contributed by atoms with Gasteiger partial charge in [0.25, 0.3) is 0 Å². The van der Waals surface area contributed by atoms with Gasteiger partial charge in [0.2, 0.25) is 5.89 Å². The summed E-state index contributed by atoms with van der Waals surface area (Å²) in [6.45, 7) is 3.14. The van der Waals surface area contributed by atoms with Gasteiger partial charge in [0.1, 0.15) is 0 Å². The van der Waals surface area contributed by atoms with Crippen molar-refractivity contribution in [2.75, 3.05) is 13.6 Å². The van der Waals surface area contributed by atoms with Crippen LogP contribution < -0.4 is 10.6 Å². The summed E-state index contributed by atoms with van der Waals surface area (Å²) in [5.41, 5.74) is 1.13. The van der Waals surface area contributed by atoms with E-state index in [-0.39, 0.29) is 0 Å². The number of hydrogen-bond donors (Lipinski definition) is 2. The van der Waals surface area contributed by atoms with Crippen LogP contribution in [0.2, 0.25) is 5.02 Å². The van der Waals surface area contributed by atoms with Crippen LogP contribution in [0.4, 0.5) is 0 Å². The molecular weight excluding hydrogens is 290 g/mol. The molecule has 1 aromatic carbocycles. The Morgan fingerprint density at radius 2 is 2.05 bits per heavy atom. The largest absolute Gasteiger partial charge is 0.356 e. The average molecular weight is 308 g/mol. The number of benzene rings is 1. The van der Waals surface area contributed by atoms with Gasteiger partial charge in [-0.1, -0.05) is 28.9 Å². The molecule has 21 heavy (non-hydrogen) atoms. The zero-order valence-corrected chi connectivity index (χ0v) is 12.8. The average Bonchev–Trinajstić information content (AvgIpc) is 2.90. The number of halogens is 1. The quantitative estimate of drug-likeness (QED) is 0.652. The van der Waals surface area contributed by atoms with Crippen molar-refractivity contribution in [3.8, 4) is 0 Å². The summed E-state index contributed by atoms with van der Waals surface area (Å²) in [7, 11) is 1.73. The second kappa shape index (κ2) is 7.64. The van der Waals surface area contributed by atoms with Gasteiger partial charge in [0, 0.05) is 31.6 Å². The van der Waals surface area contributed by atoms with Crippen LogP contribution in [0.25, 0.3) is 0 Å². The molecule has 0 aliphatic carbocycles. The van der Waals surface area contributed by atoms with Crippen LogP contribution in [0.1, 0.15) is 17.3 Å². The lowest BCUT2D eigenvalue weighted by atomic mass is 10.2. The Morgan fingerprint density at radius 1 is 1.29 bits per heavy atom. The van der Waals surface area contributed by atoms with E-state index >= 15 is 0 Å². The van der Waals surface area contributed by atoms with E-state index < -0.39 is 0 Å². The van der Waals surface area contributed by atoms with Crippen molar-refractivity contribution in [3.05, 3.63) is 46.6 Å². The highest BCUT2D eigenvalue weighted by Gasteiger charge is 2.03. The van der Waals surface area contributed by atoms with E-state index in [1.807, 2.05) is 24.3 Å². The monoisotopic (exact) mass is 307 g/mol. The van der Waals surface area contributed by atoms with E-state index in [2.05, 4.69) is 25.8 Å². The fourth-order valence-corrected chi connectivity index (χ4v) is 1.86. The number of guanidine groups is 1. The number of aliphatic imine (C=N–C) groups is 1. The minimum atomic E-state index is 0.619. The van der Waals surface area contributed by atoms with Crippen molar-refractivity contribution in [2.24, 2.45) is 4.99 Å². The summed E-state index contributed by atoms with van der Waals surface area (Å²) < 4.78 is 5.05. The van der Waals surface area contributed by atoms with Gasteiger partial charge in [-0.3, -0.25) is 4.99 Å². The molecule has 112 valence electrons. The van der Waals surface area contributed by atoms with Gasteiger partial charge in [0.15, 0.2) is 11.8 Å². The standard InChI is InChI=1S/C14H18ClN5O/c1-10-19-13(21-20-10)7-8-17-14(16-2)18-9-11-3-5-12(15)6-4-11/h3-6H,7-9H2,1-2H3,(H2,16,17,18). The molecule has 0 bridgehead atoms. The van der Waals surface area contributed by atoms with Crippen molar-refractivity contribution in [1.82, 2.24) is 20.8 Å². The van der Waals surface area contributed by atoms with Gasteiger partial charge in [-0.15, -0.1) is 0 Å². The van der Waals surface area contributed by atoms with Crippen molar-refractivity contribution in [3.63, 3.8) is 0 Å². The molecule has 0 atom stereocenters. The maximum Gasteiger partial charge on any atom is 0.228 e. The molecule has 0 aliphatic rings. The number of nitrogens with one attached hydrogen (secondary N) is 2. The SMILES string of the molecule is CN=C(NCCc1nc(C)no1)NCc1ccc(Cl)cc1. The highest BCUT2D eigenvalue weighted by atomic mass is 35.5. The van der Waals surface area contributed by atoms with Gasteiger partial charge in [0.05, 0.1) is 0 Å².